The van der Waals surface area contributed by atoms with E-state index in [9.17, 15) is 9.59 Å². The van der Waals surface area contributed by atoms with E-state index >= 15 is 0 Å². The van der Waals surface area contributed by atoms with Crippen molar-refractivity contribution in [2.24, 2.45) is 5.92 Å². The number of benzene rings is 1. The molecule has 1 fully saturated rings. The molecule has 1 aliphatic rings. The summed E-state index contributed by atoms with van der Waals surface area (Å²) in [6, 6.07) is 12.4. The molecule has 1 saturated heterocycles. The van der Waals surface area contributed by atoms with Crippen LogP contribution in [0.3, 0.4) is 0 Å². The van der Waals surface area contributed by atoms with Gasteiger partial charge < -0.3 is 10.6 Å². The molecule has 26 heavy (non-hydrogen) atoms. The molecule has 1 aromatic carbocycles. The molecule has 1 aliphatic heterocycles. The van der Waals surface area contributed by atoms with Crippen LogP contribution in [0.25, 0.3) is 0 Å². The highest BCUT2D eigenvalue weighted by Gasteiger charge is 2.21. The molecule has 1 aromatic heterocycles. The summed E-state index contributed by atoms with van der Waals surface area (Å²) < 4.78 is 0. The van der Waals surface area contributed by atoms with Gasteiger partial charge in [0.25, 0.3) is 0 Å². The Labute approximate surface area is 158 Å². The van der Waals surface area contributed by atoms with Crippen LogP contribution in [-0.2, 0) is 22.7 Å². The molecule has 0 saturated carbocycles. The number of rotatable bonds is 6. The molecule has 0 bridgehead atoms. The van der Waals surface area contributed by atoms with Gasteiger partial charge in [-0.05, 0) is 59.8 Å². The highest BCUT2D eigenvalue weighted by Crippen LogP contribution is 2.18. The summed E-state index contributed by atoms with van der Waals surface area (Å²) in [5.74, 6) is -0.652. The number of carbonyl (C=O) groups excluding carboxylic acids is 2. The number of nitrogens with one attached hydrogen (secondary N) is 2. The van der Waals surface area contributed by atoms with Gasteiger partial charge >= 0.3 is 11.8 Å². The van der Waals surface area contributed by atoms with Gasteiger partial charge in [-0.15, -0.1) is 0 Å². The number of likely N-dealkylation sites (tertiary alicyclic amines) is 1. The normalized spacial score (nSPS) is 15.5. The number of piperidine rings is 1. The van der Waals surface area contributed by atoms with E-state index in [1.165, 1.54) is 5.56 Å². The van der Waals surface area contributed by atoms with Gasteiger partial charge in [-0.2, -0.15) is 11.3 Å². The second kappa shape index (κ2) is 9.50. The minimum Gasteiger partial charge on any atom is -0.348 e. The lowest BCUT2D eigenvalue weighted by molar-refractivity contribution is -0.139. The maximum Gasteiger partial charge on any atom is 0.309 e. The van der Waals surface area contributed by atoms with E-state index in [-0.39, 0.29) is 0 Å². The molecular formula is C20H25N3O2S. The van der Waals surface area contributed by atoms with Crippen LogP contribution >= 0.6 is 11.3 Å². The van der Waals surface area contributed by atoms with Crippen molar-refractivity contribution in [1.29, 1.82) is 0 Å². The van der Waals surface area contributed by atoms with E-state index in [1.54, 1.807) is 11.3 Å². The Kier molecular flexibility index (Phi) is 6.80. The minimum atomic E-state index is -0.558. The first kappa shape index (κ1) is 18.6. The van der Waals surface area contributed by atoms with Gasteiger partial charge in [0.05, 0.1) is 0 Å². The lowest BCUT2D eigenvalue weighted by atomic mass is 9.96. The molecule has 2 aromatic rings. The Hall–Kier alpha value is -2.18. The van der Waals surface area contributed by atoms with Crippen LogP contribution in [0.2, 0.25) is 0 Å². The van der Waals surface area contributed by atoms with Crippen LogP contribution in [0.5, 0.6) is 0 Å². The lowest BCUT2D eigenvalue weighted by Gasteiger charge is -2.32. The third kappa shape index (κ3) is 5.68. The van der Waals surface area contributed by atoms with Crippen LogP contribution in [0, 0.1) is 5.92 Å². The quantitative estimate of drug-likeness (QED) is 0.767. The smallest absolute Gasteiger partial charge is 0.309 e. The zero-order valence-electron chi connectivity index (χ0n) is 14.8. The Balaban J connectivity index is 1.33. The Bertz CT molecular complexity index is 695. The largest absolute Gasteiger partial charge is 0.348 e. The standard InChI is InChI=1S/C20H25N3O2S/c24-19(20(25)22-13-18-8-11-26-15-18)21-12-16-6-9-23(10-7-16)14-17-4-2-1-3-5-17/h1-5,8,11,15-16H,6-7,9-10,12-14H2,(H,21,24)(H,22,25). The first-order valence-electron chi connectivity index (χ1n) is 9.04. The number of nitrogens with zero attached hydrogens (tertiary/aromatic N) is 1. The number of hydrogen-bond acceptors (Lipinski definition) is 4. The molecule has 2 N–H and O–H groups in total. The van der Waals surface area contributed by atoms with E-state index in [0.717, 1.165) is 38.0 Å². The van der Waals surface area contributed by atoms with E-state index in [2.05, 4.69) is 39.8 Å². The van der Waals surface area contributed by atoms with Gasteiger partial charge in [0.15, 0.2) is 0 Å². The summed E-state index contributed by atoms with van der Waals surface area (Å²) in [6.45, 7) is 4.00. The SMILES string of the molecule is O=C(NCc1ccsc1)C(=O)NCC1CCN(Cc2ccccc2)CC1. The second-order valence-corrected chi connectivity index (χ2v) is 7.51. The van der Waals surface area contributed by atoms with Crippen molar-refractivity contribution in [3.8, 4) is 0 Å². The zero-order valence-corrected chi connectivity index (χ0v) is 15.6. The Morgan fingerprint density at radius 1 is 1.00 bits per heavy atom. The number of amides is 2. The van der Waals surface area contributed by atoms with Crippen LogP contribution in [0.4, 0.5) is 0 Å². The summed E-state index contributed by atoms with van der Waals surface area (Å²) in [7, 11) is 0. The molecule has 0 atom stereocenters. The Morgan fingerprint density at radius 3 is 2.42 bits per heavy atom. The lowest BCUT2D eigenvalue weighted by Crippen LogP contribution is -2.43. The summed E-state index contributed by atoms with van der Waals surface area (Å²) >= 11 is 1.57. The molecule has 0 spiro atoms. The van der Waals surface area contributed by atoms with Crippen LogP contribution in [0.15, 0.2) is 47.2 Å². The molecule has 138 valence electrons. The summed E-state index contributed by atoms with van der Waals surface area (Å²) in [5, 5.41) is 9.34. The van der Waals surface area contributed by atoms with Crippen LogP contribution < -0.4 is 10.6 Å². The maximum absolute atomic E-state index is 11.9. The number of thiophene rings is 1. The predicted molar refractivity (Wildman–Crippen MR) is 104 cm³/mol. The second-order valence-electron chi connectivity index (χ2n) is 6.73. The molecule has 6 heteroatoms. The summed E-state index contributed by atoms with van der Waals surface area (Å²) in [6.07, 6.45) is 2.09. The van der Waals surface area contributed by atoms with E-state index in [1.807, 2.05) is 22.9 Å². The highest BCUT2D eigenvalue weighted by molar-refractivity contribution is 7.07. The highest BCUT2D eigenvalue weighted by atomic mass is 32.1. The van der Waals surface area contributed by atoms with E-state index in [0.29, 0.717) is 19.0 Å². The van der Waals surface area contributed by atoms with Crippen LogP contribution in [-0.4, -0.2) is 36.3 Å². The topological polar surface area (TPSA) is 61.4 Å². The fourth-order valence-electron chi connectivity index (χ4n) is 3.16. The van der Waals surface area contributed by atoms with Crippen molar-refractivity contribution < 1.29 is 9.59 Å². The molecule has 5 nitrogen and oxygen atoms in total. The summed E-state index contributed by atoms with van der Waals surface area (Å²) in [5.41, 5.74) is 2.35. The van der Waals surface area contributed by atoms with Gasteiger partial charge in [-0.25, -0.2) is 0 Å². The molecule has 0 unspecified atom stereocenters. The van der Waals surface area contributed by atoms with E-state index < -0.39 is 11.8 Å². The van der Waals surface area contributed by atoms with Crippen LogP contribution in [0.1, 0.15) is 24.0 Å². The van der Waals surface area contributed by atoms with Crippen molar-refractivity contribution in [2.75, 3.05) is 19.6 Å². The van der Waals surface area contributed by atoms with Crippen molar-refractivity contribution in [3.63, 3.8) is 0 Å². The number of carbonyl (C=O) groups is 2. The monoisotopic (exact) mass is 371 g/mol. The fourth-order valence-corrected chi connectivity index (χ4v) is 3.83. The van der Waals surface area contributed by atoms with Gasteiger partial charge in [-0.1, -0.05) is 30.3 Å². The molecule has 0 radical (unpaired) electrons. The zero-order chi connectivity index (χ0) is 18.2. The third-order valence-corrected chi connectivity index (χ3v) is 5.48. The van der Waals surface area contributed by atoms with Gasteiger partial charge in [0, 0.05) is 19.6 Å². The van der Waals surface area contributed by atoms with Gasteiger partial charge in [-0.3, -0.25) is 14.5 Å². The first-order valence-corrected chi connectivity index (χ1v) is 9.98. The van der Waals surface area contributed by atoms with Gasteiger partial charge in [0.2, 0.25) is 0 Å². The Morgan fingerprint density at radius 2 is 1.73 bits per heavy atom. The average molecular weight is 372 g/mol. The molecule has 0 aliphatic carbocycles. The molecule has 2 heterocycles. The van der Waals surface area contributed by atoms with E-state index in [4.69, 9.17) is 0 Å². The van der Waals surface area contributed by atoms with Crippen molar-refractivity contribution >= 4 is 23.2 Å². The first-order chi connectivity index (χ1) is 12.7. The van der Waals surface area contributed by atoms with Crippen molar-refractivity contribution in [2.45, 2.75) is 25.9 Å². The molecule has 2 amide bonds. The van der Waals surface area contributed by atoms with Crippen molar-refractivity contribution in [3.05, 3.63) is 58.3 Å². The van der Waals surface area contributed by atoms with Gasteiger partial charge in [0.1, 0.15) is 0 Å². The predicted octanol–water partition coefficient (Wildman–Crippen LogP) is 2.39. The number of hydrogen-bond donors (Lipinski definition) is 2. The average Bonchev–Trinajstić information content (AvgIpc) is 3.20. The third-order valence-electron chi connectivity index (χ3n) is 4.75. The minimum absolute atomic E-state index is 0.396. The maximum atomic E-state index is 11.9. The fraction of sp³-hybridized carbons (Fsp3) is 0.400. The summed E-state index contributed by atoms with van der Waals surface area (Å²) in [4.78, 5) is 26.2. The molecular weight excluding hydrogens is 346 g/mol. The van der Waals surface area contributed by atoms with Crippen molar-refractivity contribution in [1.82, 2.24) is 15.5 Å². The molecule has 3 rings (SSSR count).